The average molecular weight is 375 g/mol. The highest BCUT2D eigenvalue weighted by Gasteiger charge is 2.03. The fourth-order valence-corrected chi connectivity index (χ4v) is 2.74. The second-order valence-corrected chi connectivity index (χ2v) is 6.35. The number of esters is 1. The standard InChI is InChI=1S/C23H25N3O2/c1-2-28-22(27)14-13-19-9-7-18(8-10-19)11-12-20-5-3-6-21(17-20)26-23-24-15-4-16-25-23/h3,5-14,17H,2,4,15-16H2,1H3,(H2,24,25,26)/b12-11+,14-13+. The lowest BCUT2D eigenvalue weighted by Crippen LogP contribution is -2.35. The molecule has 1 aliphatic rings. The number of ether oxygens (including phenoxy) is 1. The number of anilines is 1. The molecule has 5 nitrogen and oxygen atoms in total. The van der Waals surface area contributed by atoms with Crippen LogP contribution >= 0.6 is 0 Å². The first kappa shape index (κ1) is 19.4. The number of rotatable bonds is 6. The lowest BCUT2D eigenvalue weighted by Gasteiger charge is -2.16. The van der Waals surface area contributed by atoms with Gasteiger partial charge in [-0.1, -0.05) is 48.6 Å². The second-order valence-electron chi connectivity index (χ2n) is 6.35. The van der Waals surface area contributed by atoms with Crippen molar-refractivity contribution in [3.8, 4) is 0 Å². The maximum atomic E-state index is 11.4. The van der Waals surface area contributed by atoms with E-state index in [9.17, 15) is 4.79 Å². The van der Waals surface area contributed by atoms with Crippen molar-refractivity contribution < 1.29 is 9.53 Å². The number of carbonyl (C=O) groups excluding carboxylic acids is 1. The van der Waals surface area contributed by atoms with Crippen LogP contribution in [0.1, 0.15) is 30.0 Å². The summed E-state index contributed by atoms with van der Waals surface area (Å²) in [6, 6.07) is 16.2. The molecule has 2 N–H and O–H groups in total. The van der Waals surface area contributed by atoms with Crippen molar-refractivity contribution in [3.05, 3.63) is 71.3 Å². The molecule has 3 rings (SSSR count). The molecule has 1 heterocycles. The van der Waals surface area contributed by atoms with Crippen molar-refractivity contribution in [1.29, 1.82) is 0 Å². The summed E-state index contributed by atoms with van der Waals surface area (Å²) in [6.45, 7) is 3.99. The maximum Gasteiger partial charge on any atom is 0.330 e. The Morgan fingerprint density at radius 3 is 2.57 bits per heavy atom. The fourth-order valence-electron chi connectivity index (χ4n) is 2.74. The molecule has 28 heavy (non-hydrogen) atoms. The molecule has 2 aromatic rings. The van der Waals surface area contributed by atoms with Gasteiger partial charge >= 0.3 is 5.97 Å². The molecule has 0 atom stereocenters. The molecular weight excluding hydrogens is 350 g/mol. The molecule has 1 aliphatic heterocycles. The van der Waals surface area contributed by atoms with Crippen molar-refractivity contribution in [1.82, 2.24) is 5.32 Å². The molecule has 5 heteroatoms. The van der Waals surface area contributed by atoms with Gasteiger partial charge in [-0.2, -0.15) is 0 Å². The minimum atomic E-state index is -0.325. The lowest BCUT2D eigenvalue weighted by atomic mass is 10.1. The molecule has 144 valence electrons. The van der Waals surface area contributed by atoms with Gasteiger partial charge in [-0.05, 0) is 48.2 Å². The Kier molecular flexibility index (Phi) is 7.01. The SMILES string of the molecule is CCOC(=O)/C=C/c1ccc(/C=C/c2cccc(NC3=NCCCN3)c2)cc1. The number of hydrogen-bond donors (Lipinski definition) is 2. The predicted molar refractivity (Wildman–Crippen MR) is 116 cm³/mol. The lowest BCUT2D eigenvalue weighted by molar-refractivity contribution is -0.137. The fraction of sp³-hybridized carbons (Fsp3) is 0.217. The van der Waals surface area contributed by atoms with Gasteiger partial charge in [0.05, 0.1) is 6.61 Å². The summed E-state index contributed by atoms with van der Waals surface area (Å²) >= 11 is 0. The van der Waals surface area contributed by atoms with Gasteiger partial charge < -0.3 is 15.4 Å². The molecule has 0 radical (unpaired) electrons. The van der Waals surface area contributed by atoms with Crippen LogP contribution in [0, 0.1) is 0 Å². The first-order chi connectivity index (χ1) is 13.7. The molecule has 0 aromatic heterocycles. The summed E-state index contributed by atoms with van der Waals surface area (Å²) < 4.78 is 4.88. The number of hydrogen-bond acceptors (Lipinski definition) is 5. The van der Waals surface area contributed by atoms with Crippen LogP contribution in [-0.4, -0.2) is 31.6 Å². The smallest absolute Gasteiger partial charge is 0.330 e. The van der Waals surface area contributed by atoms with Gasteiger partial charge in [0.1, 0.15) is 0 Å². The van der Waals surface area contributed by atoms with E-state index in [0.717, 1.165) is 47.8 Å². The van der Waals surface area contributed by atoms with Crippen molar-refractivity contribution in [2.75, 3.05) is 25.0 Å². The molecule has 2 aromatic carbocycles. The number of carbonyl (C=O) groups is 1. The summed E-state index contributed by atoms with van der Waals surface area (Å²) in [5.74, 6) is 0.508. The van der Waals surface area contributed by atoms with Crippen LogP contribution in [0.2, 0.25) is 0 Å². The van der Waals surface area contributed by atoms with Gasteiger partial charge in [0.15, 0.2) is 5.96 Å². The Labute approximate surface area is 165 Å². The first-order valence-electron chi connectivity index (χ1n) is 9.51. The van der Waals surface area contributed by atoms with Crippen LogP contribution in [0.5, 0.6) is 0 Å². The normalized spacial score (nSPS) is 14.0. The van der Waals surface area contributed by atoms with E-state index in [4.69, 9.17) is 4.74 Å². The van der Waals surface area contributed by atoms with E-state index < -0.39 is 0 Å². The Bertz CT molecular complexity index is 883. The highest BCUT2D eigenvalue weighted by molar-refractivity contribution is 5.94. The van der Waals surface area contributed by atoms with Gasteiger partial charge in [0.25, 0.3) is 0 Å². The zero-order valence-electron chi connectivity index (χ0n) is 16.0. The van der Waals surface area contributed by atoms with Gasteiger partial charge in [0, 0.05) is 24.9 Å². The quantitative estimate of drug-likeness (QED) is 0.451. The zero-order valence-corrected chi connectivity index (χ0v) is 16.0. The van der Waals surface area contributed by atoms with E-state index in [-0.39, 0.29) is 5.97 Å². The Balaban J connectivity index is 1.61. The highest BCUT2D eigenvalue weighted by Crippen LogP contribution is 2.15. The molecule has 0 aliphatic carbocycles. The Morgan fingerprint density at radius 1 is 1.11 bits per heavy atom. The zero-order chi connectivity index (χ0) is 19.6. The largest absolute Gasteiger partial charge is 0.463 e. The van der Waals surface area contributed by atoms with Crippen LogP contribution in [0.3, 0.4) is 0 Å². The monoisotopic (exact) mass is 375 g/mol. The number of guanidine groups is 1. The van der Waals surface area contributed by atoms with Crippen LogP contribution in [0.25, 0.3) is 18.2 Å². The summed E-state index contributed by atoms with van der Waals surface area (Å²) in [5, 5.41) is 6.58. The third-order valence-electron chi connectivity index (χ3n) is 4.15. The van der Waals surface area contributed by atoms with Gasteiger partial charge in [-0.15, -0.1) is 0 Å². The average Bonchev–Trinajstić information content (AvgIpc) is 2.73. The van der Waals surface area contributed by atoms with Crippen LogP contribution in [0.15, 0.2) is 59.6 Å². The Hall–Kier alpha value is -3.34. The van der Waals surface area contributed by atoms with E-state index in [1.807, 2.05) is 36.4 Å². The molecule has 0 saturated heterocycles. The number of nitrogens with zero attached hydrogens (tertiary/aromatic N) is 1. The van der Waals surface area contributed by atoms with Crippen molar-refractivity contribution in [2.45, 2.75) is 13.3 Å². The van der Waals surface area contributed by atoms with Crippen molar-refractivity contribution in [2.24, 2.45) is 4.99 Å². The summed E-state index contributed by atoms with van der Waals surface area (Å²) in [4.78, 5) is 15.8. The van der Waals surface area contributed by atoms with E-state index in [2.05, 4.69) is 39.9 Å². The Morgan fingerprint density at radius 2 is 1.86 bits per heavy atom. The molecule has 0 fully saturated rings. The third kappa shape index (κ3) is 6.13. The van der Waals surface area contributed by atoms with Gasteiger partial charge in [-0.3, -0.25) is 4.99 Å². The molecule has 0 amide bonds. The van der Waals surface area contributed by atoms with E-state index >= 15 is 0 Å². The molecular formula is C23H25N3O2. The second kappa shape index (κ2) is 10.1. The van der Waals surface area contributed by atoms with Gasteiger partial charge in [-0.25, -0.2) is 4.79 Å². The van der Waals surface area contributed by atoms with Gasteiger partial charge in [0.2, 0.25) is 0 Å². The van der Waals surface area contributed by atoms with E-state index in [1.165, 1.54) is 6.08 Å². The third-order valence-corrected chi connectivity index (χ3v) is 4.15. The van der Waals surface area contributed by atoms with E-state index in [0.29, 0.717) is 6.61 Å². The predicted octanol–water partition coefficient (Wildman–Crippen LogP) is 4.19. The number of benzene rings is 2. The molecule has 0 spiro atoms. The van der Waals surface area contributed by atoms with Crippen LogP contribution < -0.4 is 10.6 Å². The minimum Gasteiger partial charge on any atom is -0.463 e. The molecule has 0 unspecified atom stereocenters. The first-order valence-corrected chi connectivity index (χ1v) is 9.51. The highest BCUT2D eigenvalue weighted by atomic mass is 16.5. The summed E-state index contributed by atoms with van der Waals surface area (Å²) in [7, 11) is 0. The summed E-state index contributed by atoms with van der Waals surface area (Å²) in [6.07, 6.45) is 8.41. The number of aliphatic imine (C=N–C) groups is 1. The van der Waals surface area contributed by atoms with Crippen LogP contribution in [-0.2, 0) is 9.53 Å². The minimum absolute atomic E-state index is 0.325. The topological polar surface area (TPSA) is 62.7 Å². The van der Waals surface area contributed by atoms with Crippen molar-refractivity contribution >= 4 is 35.8 Å². The summed E-state index contributed by atoms with van der Waals surface area (Å²) in [5.41, 5.74) is 4.16. The molecule has 0 saturated carbocycles. The maximum absolute atomic E-state index is 11.4. The van der Waals surface area contributed by atoms with Crippen molar-refractivity contribution in [3.63, 3.8) is 0 Å². The van der Waals surface area contributed by atoms with Crippen LogP contribution in [0.4, 0.5) is 5.69 Å². The number of nitrogens with one attached hydrogen (secondary N) is 2. The molecule has 0 bridgehead atoms. The van der Waals surface area contributed by atoms with E-state index in [1.54, 1.807) is 13.0 Å².